The molecule has 0 radical (unpaired) electrons. The lowest BCUT2D eigenvalue weighted by molar-refractivity contribution is -0.131. The molecule has 4 nitrogen and oxygen atoms in total. The second-order valence-electron chi connectivity index (χ2n) is 7.42. The van der Waals surface area contributed by atoms with E-state index in [1.165, 1.54) is 0 Å². The van der Waals surface area contributed by atoms with E-state index in [0.717, 1.165) is 16.7 Å². The lowest BCUT2D eigenvalue weighted by Gasteiger charge is -2.35. The summed E-state index contributed by atoms with van der Waals surface area (Å²) in [4.78, 5) is 29.1. The number of rotatable bonds is 4. The summed E-state index contributed by atoms with van der Waals surface area (Å²) < 4.78 is 0. The fraction of sp³-hybridized carbons (Fsp3) is 0.200. The van der Waals surface area contributed by atoms with Crippen molar-refractivity contribution in [3.8, 4) is 11.1 Å². The smallest absolute Gasteiger partial charge is 0.253 e. The van der Waals surface area contributed by atoms with Gasteiger partial charge in [-0.05, 0) is 41.0 Å². The Morgan fingerprint density at radius 3 is 1.90 bits per heavy atom. The van der Waals surface area contributed by atoms with Gasteiger partial charge in [0, 0.05) is 36.8 Å². The number of halogens is 1. The lowest BCUT2D eigenvalue weighted by atomic mass is 10.0. The first-order valence-corrected chi connectivity index (χ1v) is 10.4. The van der Waals surface area contributed by atoms with Crippen LogP contribution in [-0.2, 0) is 11.2 Å². The molecule has 5 heteroatoms. The summed E-state index contributed by atoms with van der Waals surface area (Å²) in [5.74, 6) is 0.0936. The van der Waals surface area contributed by atoms with Gasteiger partial charge in [0.25, 0.3) is 5.91 Å². The van der Waals surface area contributed by atoms with E-state index in [-0.39, 0.29) is 11.8 Å². The third-order valence-corrected chi connectivity index (χ3v) is 5.68. The molecular weight excluding hydrogens is 396 g/mol. The van der Waals surface area contributed by atoms with Crippen molar-refractivity contribution in [2.45, 2.75) is 6.42 Å². The van der Waals surface area contributed by atoms with Crippen LogP contribution in [0.2, 0.25) is 5.02 Å². The number of hydrogen-bond acceptors (Lipinski definition) is 2. The van der Waals surface area contributed by atoms with E-state index in [2.05, 4.69) is 12.1 Å². The molecule has 0 bridgehead atoms. The quantitative estimate of drug-likeness (QED) is 0.624. The number of nitrogens with zero attached hydrogens (tertiary/aromatic N) is 2. The van der Waals surface area contributed by atoms with Gasteiger partial charge in [-0.3, -0.25) is 9.59 Å². The summed E-state index contributed by atoms with van der Waals surface area (Å²) in [5.41, 5.74) is 3.84. The van der Waals surface area contributed by atoms with Crippen molar-refractivity contribution in [1.29, 1.82) is 0 Å². The molecule has 1 saturated heterocycles. The predicted octanol–water partition coefficient (Wildman–Crippen LogP) is 4.53. The van der Waals surface area contributed by atoms with Crippen LogP contribution in [0.15, 0.2) is 78.9 Å². The van der Waals surface area contributed by atoms with Crippen LogP contribution in [0.1, 0.15) is 15.9 Å². The Balaban J connectivity index is 1.32. The van der Waals surface area contributed by atoms with Gasteiger partial charge in [-0.15, -0.1) is 0 Å². The Morgan fingerprint density at radius 1 is 0.700 bits per heavy atom. The summed E-state index contributed by atoms with van der Waals surface area (Å²) in [6, 6.07) is 25.2. The second-order valence-corrected chi connectivity index (χ2v) is 7.86. The van der Waals surface area contributed by atoms with Crippen LogP contribution in [0.3, 0.4) is 0 Å². The van der Waals surface area contributed by atoms with E-state index >= 15 is 0 Å². The number of benzene rings is 3. The number of carbonyl (C=O) groups is 2. The molecule has 0 spiro atoms. The third kappa shape index (κ3) is 4.71. The van der Waals surface area contributed by atoms with Crippen LogP contribution in [0.5, 0.6) is 0 Å². The van der Waals surface area contributed by atoms with Crippen LogP contribution >= 0.6 is 11.6 Å². The lowest BCUT2D eigenvalue weighted by Crippen LogP contribution is -2.51. The maximum atomic E-state index is 12.9. The minimum atomic E-state index is 0.0133. The molecule has 30 heavy (non-hydrogen) atoms. The van der Waals surface area contributed by atoms with E-state index in [4.69, 9.17) is 11.6 Å². The van der Waals surface area contributed by atoms with Crippen molar-refractivity contribution >= 4 is 23.4 Å². The molecule has 0 aromatic heterocycles. The minimum absolute atomic E-state index is 0.0133. The van der Waals surface area contributed by atoms with Gasteiger partial charge in [0.05, 0.1) is 6.42 Å². The van der Waals surface area contributed by atoms with Gasteiger partial charge >= 0.3 is 0 Å². The van der Waals surface area contributed by atoms with Gasteiger partial charge < -0.3 is 9.80 Å². The van der Waals surface area contributed by atoms with E-state index in [9.17, 15) is 9.59 Å². The monoisotopic (exact) mass is 418 g/mol. The van der Waals surface area contributed by atoms with Crippen LogP contribution < -0.4 is 0 Å². The third-order valence-electron chi connectivity index (χ3n) is 5.43. The zero-order valence-electron chi connectivity index (χ0n) is 16.6. The van der Waals surface area contributed by atoms with Crippen molar-refractivity contribution < 1.29 is 9.59 Å². The fourth-order valence-electron chi connectivity index (χ4n) is 3.67. The Hall–Kier alpha value is -3.11. The van der Waals surface area contributed by atoms with E-state index in [0.29, 0.717) is 43.2 Å². The maximum Gasteiger partial charge on any atom is 0.253 e. The largest absolute Gasteiger partial charge is 0.339 e. The summed E-state index contributed by atoms with van der Waals surface area (Å²) >= 11 is 5.90. The highest BCUT2D eigenvalue weighted by Gasteiger charge is 2.24. The molecular formula is C25H23ClN2O2. The fourth-order valence-corrected chi connectivity index (χ4v) is 3.79. The average Bonchev–Trinajstić information content (AvgIpc) is 2.81. The zero-order chi connectivity index (χ0) is 20.9. The SMILES string of the molecule is O=C(Cc1ccc(Cl)cc1)N1CCN(C(=O)c2ccc(-c3ccccc3)cc2)CC1. The summed E-state index contributed by atoms with van der Waals surface area (Å²) in [5, 5.41) is 0.662. The number of piperazine rings is 1. The van der Waals surface area contributed by atoms with Crippen LogP contribution in [-0.4, -0.2) is 47.8 Å². The zero-order valence-corrected chi connectivity index (χ0v) is 17.4. The van der Waals surface area contributed by atoms with Gasteiger partial charge in [0.2, 0.25) is 5.91 Å². The molecule has 0 aliphatic carbocycles. The summed E-state index contributed by atoms with van der Waals surface area (Å²) in [6.07, 6.45) is 0.353. The molecule has 2 amide bonds. The number of carbonyl (C=O) groups excluding carboxylic acids is 2. The van der Waals surface area contributed by atoms with E-state index in [1.807, 2.05) is 64.4 Å². The Morgan fingerprint density at radius 2 is 1.27 bits per heavy atom. The normalized spacial score (nSPS) is 13.9. The molecule has 0 unspecified atom stereocenters. The number of amides is 2. The molecule has 1 aliphatic rings. The van der Waals surface area contributed by atoms with Crippen molar-refractivity contribution in [1.82, 2.24) is 9.80 Å². The predicted molar refractivity (Wildman–Crippen MR) is 120 cm³/mol. The second kappa shape index (κ2) is 9.14. The maximum absolute atomic E-state index is 12.9. The van der Waals surface area contributed by atoms with Crippen LogP contribution in [0.4, 0.5) is 0 Å². The Labute approximate surface area is 181 Å². The first-order chi connectivity index (χ1) is 14.6. The van der Waals surface area contributed by atoms with Crippen molar-refractivity contribution in [3.05, 3.63) is 95.0 Å². The molecule has 3 aromatic carbocycles. The number of hydrogen-bond donors (Lipinski definition) is 0. The molecule has 1 aliphatic heterocycles. The molecule has 0 saturated carbocycles. The molecule has 3 aromatic rings. The van der Waals surface area contributed by atoms with Gasteiger partial charge in [-0.25, -0.2) is 0 Å². The average molecular weight is 419 g/mol. The van der Waals surface area contributed by atoms with Gasteiger partial charge in [0.15, 0.2) is 0 Å². The van der Waals surface area contributed by atoms with E-state index < -0.39 is 0 Å². The van der Waals surface area contributed by atoms with Crippen molar-refractivity contribution in [2.24, 2.45) is 0 Å². The van der Waals surface area contributed by atoms with Gasteiger partial charge in [-0.1, -0.05) is 66.2 Å². The summed E-state index contributed by atoms with van der Waals surface area (Å²) in [6.45, 7) is 2.21. The molecule has 0 atom stereocenters. The minimum Gasteiger partial charge on any atom is -0.339 e. The van der Waals surface area contributed by atoms with E-state index in [1.54, 1.807) is 12.1 Å². The van der Waals surface area contributed by atoms with Crippen molar-refractivity contribution in [3.63, 3.8) is 0 Å². The van der Waals surface area contributed by atoms with Crippen LogP contribution in [0.25, 0.3) is 11.1 Å². The van der Waals surface area contributed by atoms with Crippen LogP contribution in [0, 0.1) is 0 Å². The summed E-state index contributed by atoms with van der Waals surface area (Å²) in [7, 11) is 0. The van der Waals surface area contributed by atoms with Crippen molar-refractivity contribution in [2.75, 3.05) is 26.2 Å². The highest BCUT2D eigenvalue weighted by atomic mass is 35.5. The molecule has 152 valence electrons. The molecule has 1 heterocycles. The molecule has 1 fully saturated rings. The first-order valence-electron chi connectivity index (χ1n) is 10.1. The molecule has 0 N–H and O–H groups in total. The Kier molecular flexibility index (Phi) is 6.15. The van der Waals surface area contributed by atoms with Gasteiger partial charge in [-0.2, -0.15) is 0 Å². The molecule has 4 rings (SSSR count). The topological polar surface area (TPSA) is 40.6 Å². The highest BCUT2D eigenvalue weighted by molar-refractivity contribution is 6.30. The first kappa shape index (κ1) is 20.2. The Bertz CT molecular complexity index is 1010. The van der Waals surface area contributed by atoms with Gasteiger partial charge in [0.1, 0.15) is 0 Å². The standard InChI is InChI=1S/C25H23ClN2O2/c26-23-12-6-19(7-13-23)18-24(29)27-14-16-28(17-15-27)25(30)22-10-8-21(9-11-22)20-4-2-1-3-5-20/h1-13H,14-18H2. The highest BCUT2D eigenvalue weighted by Crippen LogP contribution is 2.20.